The van der Waals surface area contributed by atoms with E-state index in [0.29, 0.717) is 19.0 Å². The van der Waals surface area contributed by atoms with Crippen LogP contribution in [0.25, 0.3) is 0 Å². The summed E-state index contributed by atoms with van der Waals surface area (Å²) >= 11 is 0. The van der Waals surface area contributed by atoms with E-state index in [-0.39, 0.29) is 17.8 Å². The summed E-state index contributed by atoms with van der Waals surface area (Å²) in [5, 5.41) is 0. The van der Waals surface area contributed by atoms with Gasteiger partial charge in [0.15, 0.2) is 5.82 Å². The van der Waals surface area contributed by atoms with Gasteiger partial charge in [0.05, 0.1) is 24.3 Å². The zero-order valence-corrected chi connectivity index (χ0v) is 13.0. The highest BCUT2D eigenvalue weighted by atomic mass is 32.2. The molecule has 0 bridgehead atoms. The number of halogens is 1. The molecule has 6 nitrogen and oxygen atoms in total. The molecule has 0 saturated carbocycles. The minimum atomic E-state index is -3.42. The average molecular weight is 317 g/mol. The van der Waals surface area contributed by atoms with Crippen molar-refractivity contribution >= 4 is 16.1 Å². The fourth-order valence-electron chi connectivity index (χ4n) is 2.42. The summed E-state index contributed by atoms with van der Waals surface area (Å²) < 4.78 is 40.9. The fourth-order valence-corrected chi connectivity index (χ4v) is 3.17. The van der Waals surface area contributed by atoms with Crippen molar-refractivity contribution in [1.29, 1.82) is 0 Å². The molecule has 1 aromatic heterocycles. The quantitative estimate of drug-likeness (QED) is 0.768. The number of rotatable bonds is 5. The topological polar surface area (TPSA) is 72.4 Å². The van der Waals surface area contributed by atoms with Crippen molar-refractivity contribution in [2.45, 2.75) is 32.8 Å². The van der Waals surface area contributed by atoms with Gasteiger partial charge in [-0.15, -0.1) is 0 Å². The second-order valence-corrected chi connectivity index (χ2v) is 7.06. The minimum absolute atomic E-state index is 0.0143. The van der Waals surface area contributed by atoms with Crippen LogP contribution >= 0.6 is 0 Å². The molecular formula is C13H20FN3O3S. The molecule has 2 heterocycles. The Hall–Kier alpha value is -1.28. The Kier molecular flexibility index (Phi) is 5.10. The molecule has 1 unspecified atom stereocenters. The number of aromatic nitrogens is 2. The van der Waals surface area contributed by atoms with Gasteiger partial charge < -0.3 is 4.90 Å². The van der Waals surface area contributed by atoms with Crippen molar-refractivity contribution in [1.82, 2.24) is 9.97 Å². The lowest BCUT2D eigenvalue weighted by Crippen LogP contribution is -2.39. The molecule has 1 aliphatic heterocycles. The third-order valence-electron chi connectivity index (χ3n) is 3.74. The first kappa shape index (κ1) is 16.1. The van der Waals surface area contributed by atoms with Crippen molar-refractivity contribution in [2.75, 3.05) is 23.7 Å². The molecule has 1 fully saturated rings. The van der Waals surface area contributed by atoms with Crippen molar-refractivity contribution < 1.29 is 17.0 Å². The largest absolute Gasteiger partial charge is 0.341 e. The summed E-state index contributed by atoms with van der Waals surface area (Å²) in [5.74, 6) is 0.215. The van der Waals surface area contributed by atoms with E-state index < -0.39 is 15.9 Å². The molecule has 0 aromatic carbocycles. The third kappa shape index (κ3) is 4.34. The standard InChI is InChI=1S/C13H20FN3O3S/c1-3-21(18,19)20-10(2)11-4-6-17(7-5-11)13-15-8-12(14)9-16-13/h8-11H,3-7H2,1-2H3. The van der Waals surface area contributed by atoms with Crippen LogP contribution in [0.15, 0.2) is 12.4 Å². The van der Waals surface area contributed by atoms with Gasteiger partial charge in [0.2, 0.25) is 5.95 Å². The van der Waals surface area contributed by atoms with Gasteiger partial charge >= 0.3 is 0 Å². The maximum atomic E-state index is 12.8. The van der Waals surface area contributed by atoms with Crippen LogP contribution in [0.3, 0.4) is 0 Å². The van der Waals surface area contributed by atoms with E-state index in [1.54, 1.807) is 13.8 Å². The number of piperidine rings is 1. The Balaban J connectivity index is 1.89. The second-order valence-electron chi connectivity index (χ2n) is 5.17. The van der Waals surface area contributed by atoms with Gasteiger partial charge in [0.1, 0.15) is 0 Å². The highest BCUT2D eigenvalue weighted by molar-refractivity contribution is 7.86. The van der Waals surface area contributed by atoms with E-state index in [2.05, 4.69) is 9.97 Å². The molecule has 0 aliphatic carbocycles. The predicted octanol–water partition coefficient (Wildman–Crippen LogP) is 1.59. The van der Waals surface area contributed by atoms with E-state index in [4.69, 9.17) is 4.18 Å². The molecule has 1 atom stereocenters. The summed E-state index contributed by atoms with van der Waals surface area (Å²) in [6, 6.07) is 0. The molecule has 1 aliphatic rings. The number of hydrogen-bond donors (Lipinski definition) is 0. The number of anilines is 1. The monoisotopic (exact) mass is 317 g/mol. The Morgan fingerprint density at radius 1 is 1.38 bits per heavy atom. The van der Waals surface area contributed by atoms with Gasteiger partial charge in [0.25, 0.3) is 10.1 Å². The highest BCUT2D eigenvalue weighted by Gasteiger charge is 2.28. The van der Waals surface area contributed by atoms with Gasteiger partial charge in [-0.2, -0.15) is 8.42 Å². The SMILES string of the molecule is CCS(=O)(=O)OC(C)C1CCN(c2ncc(F)cn2)CC1. The maximum absolute atomic E-state index is 12.8. The lowest BCUT2D eigenvalue weighted by Gasteiger charge is -2.34. The Morgan fingerprint density at radius 3 is 2.48 bits per heavy atom. The molecular weight excluding hydrogens is 297 g/mol. The highest BCUT2D eigenvalue weighted by Crippen LogP contribution is 2.25. The first-order valence-electron chi connectivity index (χ1n) is 7.04. The van der Waals surface area contributed by atoms with E-state index in [1.807, 2.05) is 4.90 Å². The average Bonchev–Trinajstić information content (AvgIpc) is 2.48. The van der Waals surface area contributed by atoms with Gasteiger partial charge in [-0.1, -0.05) is 0 Å². The summed E-state index contributed by atoms with van der Waals surface area (Å²) in [6.45, 7) is 4.77. The summed E-state index contributed by atoms with van der Waals surface area (Å²) in [4.78, 5) is 9.88. The zero-order chi connectivity index (χ0) is 15.5. The Morgan fingerprint density at radius 2 is 1.95 bits per heavy atom. The third-order valence-corrected chi connectivity index (χ3v) is 5.05. The minimum Gasteiger partial charge on any atom is -0.341 e. The van der Waals surface area contributed by atoms with Crippen LogP contribution in [-0.4, -0.2) is 43.3 Å². The van der Waals surface area contributed by atoms with Crippen molar-refractivity contribution in [3.8, 4) is 0 Å². The van der Waals surface area contributed by atoms with E-state index in [9.17, 15) is 12.8 Å². The van der Waals surface area contributed by atoms with Crippen LogP contribution < -0.4 is 4.90 Å². The molecule has 1 saturated heterocycles. The molecule has 0 amide bonds. The second kappa shape index (κ2) is 6.65. The van der Waals surface area contributed by atoms with Crippen molar-refractivity contribution in [3.05, 3.63) is 18.2 Å². The first-order valence-corrected chi connectivity index (χ1v) is 8.62. The zero-order valence-electron chi connectivity index (χ0n) is 12.2. The van der Waals surface area contributed by atoms with Crippen LogP contribution in [0.5, 0.6) is 0 Å². The van der Waals surface area contributed by atoms with Crippen molar-refractivity contribution in [2.24, 2.45) is 5.92 Å². The molecule has 1 aromatic rings. The summed E-state index contributed by atoms with van der Waals surface area (Å²) in [7, 11) is -3.42. The summed E-state index contributed by atoms with van der Waals surface area (Å²) in [5.41, 5.74) is 0. The predicted molar refractivity (Wildman–Crippen MR) is 76.9 cm³/mol. The van der Waals surface area contributed by atoms with E-state index in [1.165, 1.54) is 0 Å². The van der Waals surface area contributed by atoms with Crippen LogP contribution in [-0.2, 0) is 14.3 Å². The summed E-state index contributed by atoms with van der Waals surface area (Å²) in [6.07, 6.45) is 3.55. The van der Waals surface area contributed by atoms with Gasteiger partial charge in [-0.05, 0) is 32.6 Å². The lowest BCUT2D eigenvalue weighted by molar-refractivity contribution is 0.140. The maximum Gasteiger partial charge on any atom is 0.267 e. The van der Waals surface area contributed by atoms with Crippen molar-refractivity contribution in [3.63, 3.8) is 0 Å². The Labute approximate surface area is 124 Å². The van der Waals surface area contributed by atoms with Gasteiger partial charge in [-0.3, -0.25) is 4.18 Å². The molecule has 0 N–H and O–H groups in total. The smallest absolute Gasteiger partial charge is 0.267 e. The molecule has 0 spiro atoms. The van der Waals surface area contributed by atoms with Crippen LogP contribution in [0.4, 0.5) is 10.3 Å². The van der Waals surface area contributed by atoms with Crippen LogP contribution in [0.1, 0.15) is 26.7 Å². The molecule has 0 radical (unpaired) electrons. The molecule has 2 rings (SSSR count). The van der Waals surface area contributed by atoms with Crippen LogP contribution in [0.2, 0.25) is 0 Å². The number of hydrogen-bond acceptors (Lipinski definition) is 6. The molecule has 118 valence electrons. The van der Waals surface area contributed by atoms with E-state index >= 15 is 0 Å². The normalized spacial score (nSPS) is 18.7. The molecule has 8 heteroatoms. The Bertz CT molecular complexity index is 557. The van der Waals surface area contributed by atoms with Gasteiger partial charge in [-0.25, -0.2) is 14.4 Å². The van der Waals surface area contributed by atoms with Gasteiger partial charge in [0, 0.05) is 13.1 Å². The molecule has 21 heavy (non-hydrogen) atoms. The van der Waals surface area contributed by atoms with Crippen LogP contribution in [0, 0.1) is 11.7 Å². The number of nitrogens with zero attached hydrogens (tertiary/aromatic N) is 3. The van der Waals surface area contributed by atoms with E-state index in [0.717, 1.165) is 25.2 Å². The fraction of sp³-hybridized carbons (Fsp3) is 0.692. The lowest BCUT2D eigenvalue weighted by atomic mass is 9.92. The first-order chi connectivity index (χ1) is 9.91.